The summed E-state index contributed by atoms with van der Waals surface area (Å²) in [5, 5.41) is 16.2. The van der Waals surface area contributed by atoms with Gasteiger partial charge in [-0.25, -0.2) is 5.10 Å². The molecule has 0 bridgehead atoms. The number of nitrogens with one attached hydrogen (secondary N) is 2. The van der Waals surface area contributed by atoms with E-state index in [9.17, 15) is 9.59 Å². The van der Waals surface area contributed by atoms with Gasteiger partial charge < -0.3 is 9.73 Å². The molecule has 110 valence electrons. The van der Waals surface area contributed by atoms with E-state index in [1.807, 2.05) is 30.3 Å². The standard InChI is InChI=1S/C14H11N5O3/c20-11-7-6-10(16-17-11)13(21)15-8-12-18-19-14(22-12)9-4-2-1-3-5-9/h1-7H,8H2,(H,15,21)(H,17,20). The number of H-pyrrole nitrogens is 1. The lowest BCUT2D eigenvalue weighted by Crippen LogP contribution is -2.25. The van der Waals surface area contributed by atoms with Gasteiger partial charge in [-0.3, -0.25) is 9.59 Å². The number of hydrogen-bond donors (Lipinski definition) is 2. The van der Waals surface area contributed by atoms with E-state index in [0.717, 1.165) is 5.56 Å². The average molecular weight is 297 g/mol. The summed E-state index contributed by atoms with van der Waals surface area (Å²) in [5.41, 5.74) is 0.526. The van der Waals surface area contributed by atoms with Crippen molar-refractivity contribution in [2.24, 2.45) is 0 Å². The predicted molar refractivity (Wildman–Crippen MR) is 75.8 cm³/mol. The Morgan fingerprint density at radius 1 is 1.14 bits per heavy atom. The second-order valence-corrected chi connectivity index (χ2v) is 4.36. The van der Waals surface area contributed by atoms with E-state index in [1.54, 1.807) is 0 Å². The minimum absolute atomic E-state index is 0.0689. The molecule has 8 nitrogen and oxygen atoms in total. The molecule has 0 saturated carbocycles. The molecule has 0 aliphatic rings. The van der Waals surface area contributed by atoms with Gasteiger partial charge in [0.2, 0.25) is 11.8 Å². The summed E-state index contributed by atoms with van der Waals surface area (Å²) in [4.78, 5) is 22.7. The van der Waals surface area contributed by atoms with Crippen molar-refractivity contribution in [2.45, 2.75) is 6.54 Å². The van der Waals surface area contributed by atoms with Crippen LogP contribution < -0.4 is 10.9 Å². The molecule has 8 heteroatoms. The van der Waals surface area contributed by atoms with Crippen LogP contribution in [0.4, 0.5) is 0 Å². The van der Waals surface area contributed by atoms with Crippen LogP contribution in [0, 0.1) is 0 Å². The maximum atomic E-state index is 11.8. The third kappa shape index (κ3) is 3.06. The van der Waals surface area contributed by atoms with Crippen LogP contribution in [0.3, 0.4) is 0 Å². The van der Waals surface area contributed by atoms with Gasteiger partial charge in [0.25, 0.3) is 11.5 Å². The summed E-state index contributed by atoms with van der Waals surface area (Å²) in [6, 6.07) is 11.9. The number of rotatable bonds is 4. The minimum Gasteiger partial charge on any atom is -0.419 e. The Kier molecular flexibility index (Phi) is 3.73. The maximum absolute atomic E-state index is 11.8. The Balaban J connectivity index is 1.65. The Hall–Kier alpha value is -3.29. The molecule has 3 aromatic rings. The van der Waals surface area contributed by atoms with Crippen LogP contribution in [0.2, 0.25) is 0 Å². The first-order valence-corrected chi connectivity index (χ1v) is 6.44. The number of hydrogen-bond acceptors (Lipinski definition) is 6. The fourth-order valence-corrected chi connectivity index (χ4v) is 1.74. The number of aromatic amines is 1. The second-order valence-electron chi connectivity index (χ2n) is 4.36. The molecule has 0 fully saturated rings. The highest BCUT2D eigenvalue weighted by Crippen LogP contribution is 2.16. The van der Waals surface area contributed by atoms with Crippen molar-refractivity contribution in [3.63, 3.8) is 0 Å². The van der Waals surface area contributed by atoms with E-state index < -0.39 is 5.91 Å². The second kappa shape index (κ2) is 6.00. The molecule has 0 radical (unpaired) electrons. The Morgan fingerprint density at radius 3 is 2.68 bits per heavy atom. The van der Waals surface area contributed by atoms with Gasteiger partial charge >= 0.3 is 0 Å². The number of carbonyl (C=O) groups is 1. The van der Waals surface area contributed by atoms with Crippen LogP contribution in [-0.4, -0.2) is 26.3 Å². The fraction of sp³-hybridized carbons (Fsp3) is 0.0714. The van der Waals surface area contributed by atoms with Gasteiger partial charge in [-0.1, -0.05) is 18.2 Å². The Labute approximate surface area is 124 Å². The highest BCUT2D eigenvalue weighted by molar-refractivity contribution is 5.91. The summed E-state index contributed by atoms with van der Waals surface area (Å²) in [7, 11) is 0. The molecule has 0 spiro atoms. The zero-order valence-electron chi connectivity index (χ0n) is 11.3. The van der Waals surface area contributed by atoms with Crippen LogP contribution in [0.1, 0.15) is 16.4 Å². The lowest BCUT2D eigenvalue weighted by Gasteiger charge is -2.00. The molecule has 2 aromatic heterocycles. The molecule has 22 heavy (non-hydrogen) atoms. The third-order valence-electron chi connectivity index (χ3n) is 2.80. The molecule has 0 atom stereocenters. The maximum Gasteiger partial charge on any atom is 0.272 e. The minimum atomic E-state index is -0.448. The van der Waals surface area contributed by atoms with Crippen molar-refractivity contribution in [1.82, 2.24) is 25.7 Å². The number of nitrogens with zero attached hydrogens (tertiary/aromatic N) is 3. The molecular weight excluding hydrogens is 286 g/mol. The van der Waals surface area contributed by atoms with Crippen molar-refractivity contribution in [3.05, 3.63) is 64.4 Å². The molecule has 1 aromatic carbocycles. The molecule has 2 heterocycles. The summed E-state index contributed by atoms with van der Waals surface area (Å²) < 4.78 is 5.46. The van der Waals surface area contributed by atoms with Gasteiger partial charge in [-0.2, -0.15) is 5.10 Å². The van der Waals surface area contributed by atoms with Gasteiger partial charge in [0, 0.05) is 11.6 Å². The first-order valence-electron chi connectivity index (χ1n) is 6.44. The van der Waals surface area contributed by atoms with Crippen LogP contribution in [-0.2, 0) is 6.54 Å². The summed E-state index contributed by atoms with van der Waals surface area (Å²) in [5.74, 6) is 0.208. The number of aromatic nitrogens is 4. The lowest BCUT2D eigenvalue weighted by atomic mass is 10.2. The molecule has 0 aliphatic carbocycles. The van der Waals surface area contributed by atoms with E-state index in [2.05, 4.69) is 25.7 Å². The quantitative estimate of drug-likeness (QED) is 0.734. The van der Waals surface area contributed by atoms with Gasteiger partial charge in [-0.15, -0.1) is 10.2 Å². The Morgan fingerprint density at radius 2 is 1.95 bits per heavy atom. The van der Waals surface area contributed by atoms with Gasteiger partial charge in [0.1, 0.15) is 5.69 Å². The zero-order chi connectivity index (χ0) is 15.4. The Bertz CT molecular complexity index is 820. The molecular formula is C14H11N5O3. The van der Waals surface area contributed by atoms with Crippen LogP contribution in [0.25, 0.3) is 11.5 Å². The normalized spacial score (nSPS) is 10.4. The van der Waals surface area contributed by atoms with Crippen molar-refractivity contribution in [2.75, 3.05) is 0 Å². The van der Waals surface area contributed by atoms with Crippen molar-refractivity contribution in [3.8, 4) is 11.5 Å². The zero-order valence-corrected chi connectivity index (χ0v) is 11.3. The SMILES string of the molecule is O=C(NCc1nnc(-c2ccccc2)o1)c1ccc(=O)[nH]n1. The van der Waals surface area contributed by atoms with Crippen molar-refractivity contribution < 1.29 is 9.21 Å². The average Bonchev–Trinajstić information content (AvgIpc) is 3.03. The molecule has 0 saturated heterocycles. The molecule has 0 unspecified atom stereocenters. The van der Waals surface area contributed by atoms with E-state index in [0.29, 0.717) is 5.89 Å². The largest absolute Gasteiger partial charge is 0.419 e. The monoisotopic (exact) mass is 297 g/mol. The van der Waals surface area contributed by atoms with Crippen molar-refractivity contribution in [1.29, 1.82) is 0 Å². The van der Waals surface area contributed by atoms with Gasteiger partial charge in [0.05, 0.1) is 6.54 Å². The first-order chi connectivity index (χ1) is 10.7. The molecule has 2 N–H and O–H groups in total. The van der Waals surface area contributed by atoms with Crippen molar-refractivity contribution >= 4 is 5.91 Å². The number of carbonyl (C=O) groups excluding carboxylic acids is 1. The lowest BCUT2D eigenvalue weighted by molar-refractivity contribution is 0.0941. The van der Waals surface area contributed by atoms with E-state index in [1.165, 1.54) is 12.1 Å². The fourth-order valence-electron chi connectivity index (χ4n) is 1.74. The molecule has 3 rings (SSSR count). The molecule has 0 aliphatic heterocycles. The topological polar surface area (TPSA) is 114 Å². The van der Waals surface area contributed by atoms with Gasteiger partial charge in [0.15, 0.2) is 0 Å². The number of benzene rings is 1. The summed E-state index contributed by atoms with van der Waals surface area (Å²) in [6.07, 6.45) is 0. The van der Waals surface area contributed by atoms with E-state index in [-0.39, 0.29) is 23.7 Å². The van der Waals surface area contributed by atoms with Crippen LogP contribution in [0.5, 0.6) is 0 Å². The third-order valence-corrected chi connectivity index (χ3v) is 2.80. The van der Waals surface area contributed by atoms with E-state index in [4.69, 9.17) is 4.42 Å². The summed E-state index contributed by atoms with van der Waals surface area (Å²) in [6.45, 7) is 0.0689. The van der Waals surface area contributed by atoms with Gasteiger partial charge in [-0.05, 0) is 18.2 Å². The summed E-state index contributed by atoms with van der Waals surface area (Å²) >= 11 is 0. The highest BCUT2D eigenvalue weighted by Gasteiger charge is 2.11. The smallest absolute Gasteiger partial charge is 0.272 e. The molecule has 1 amide bonds. The van der Waals surface area contributed by atoms with Crippen LogP contribution >= 0.6 is 0 Å². The van der Waals surface area contributed by atoms with E-state index >= 15 is 0 Å². The number of amides is 1. The predicted octanol–water partition coefficient (Wildman–Crippen LogP) is 0.750. The highest BCUT2D eigenvalue weighted by atomic mass is 16.4. The van der Waals surface area contributed by atoms with Crippen LogP contribution in [0.15, 0.2) is 51.7 Å². The first kappa shape index (κ1) is 13.7.